The number of aromatic hydroxyl groups is 1. The molecule has 1 aliphatic rings. The smallest absolute Gasteiger partial charge is 0.295 e. The number of benzene rings is 2. The Kier molecular flexibility index (Phi) is 7.76. The lowest BCUT2D eigenvalue weighted by Gasteiger charge is -2.27. The average Bonchev–Trinajstić information content (AvgIpc) is 3.06. The summed E-state index contributed by atoms with van der Waals surface area (Å²) in [4.78, 5) is 29.9. The summed E-state index contributed by atoms with van der Waals surface area (Å²) < 4.78 is 5.10. The highest BCUT2D eigenvalue weighted by Crippen LogP contribution is 2.41. The van der Waals surface area contributed by atoms with Gasteiger partial charge >= 0.3 is 0 Å². The van der Waals surface area contributed by atoms with E-state index in [1.54, 1.807) is 6.07 Å². The van der Waals surface area contributed by atoms with Gasteiger partial charge in [-0.2, -0.15) is 0 Å². The summed E-state index contributed by atoms with van der Waals surface area (Å²) in [5, 5.41) is 21.5. The molecule has 2 aromatic carbocycles. The van der Waals surface area contributed by atoms with Crippen LogP contribution < -0.4 is 4.74 Å². The summed E-state index contributed by atoms with van der Waals surface area (Å²) >= 11 is 0. The van der Waals surface area contributed by atoms with E-state index in [9.17, 15) is 19.8 Å². The van der Waals surface area contributed by atoms with E-state index in [2.05, 4.69) is 18.7 Å². The predicted octanol–water partition coefficient (Wildman–Crippen LogP) is 3.86. The Balaban J connectivity index is 2.05. The number of rotatable bonds is 9. The first kappa shape index (κ1) is 24.3. The van der Waals surface area contributed by atoms with Crippen LogP contribution in [0.1, 0.15) is 43.0 Å². The molecule has 1 saturated heterocycles. The standard InChI is InChI=1S/C26H32N2O5/c1-5-27(6-2)14-7-15-28-23(18-10-8-17(3)9-11-18)22(25(31)26(28)32)24(30)20-13-12-19(33-4)16-21(20)29/h8-13,16,23,29-30H,5-7,14-15H2,1-4H3. The normalized spacial score (nSPS) is 17.7. The SMILES string of the molecule is CCN(CC)CCCN1C(=O)C(=O)C(=C(O)c2ccc(OC)cc2O)C1c1ccc(C)cc1. The number of nitrogens with zero attached hydrogens (tertiary/aromatic N) is 2. The molecule has 1 heterocycles. The summed E-state index contributed by atoms with van der Waals surface area (Å²) in [7, 11) is 1.47. The number of amides is 1. The van der Waals surface area contributed by atoms with E-state index >= 15 is 0 Å². The Morgan fingerprint density at radius 3 is 2.33 bits per heavy atom. The fourth-order valence-electron chi connectivity index (χ4n) is 4.19. The molecule has 0 radical (unpaired) electrons. The molecular formula is C26H32N2O5. The number of aliphatic hydroxyl groups excluding tert-OH is 1. The van der Waals surface area contributed by atoms with Crippen molar-refractivity contribution in [2.24, 2.45) is 0 Å². The van der Waals surface area contributed by atoms with Crippen LogP contribution in [0.4, 0.5) is 0 Å². The van der Waals surface area contributed by atoms with Crippen molar-refractivity contribution in [1.29, 1.82) is 0 Å². The van der Waals surface area contributed by atoms with Crippen molar-refractivity contribution in [2.45, 2.75) is 33.2 Å². The van der Waals surface area contributed by atoms with Crippen LogP contribution in [-0.4, -0.2) is 65.0 Å². The second-order valence-electron chi connectivity index (χ2n) is 8.17. The second-order valence-corrected chi connectivity index (χ2v) is 8.17. The van der Waals surface area contributed by atoms with Gasteiger partial charge < -0.3 is 24.7 Å². The van der Waals surface area contributed by atoms with Crippen LogP contribution in [0, 0.1) is 6.92 Å². The first-order valence-corrected chi connectivity index (χ1v) is 11.3. The number of aryl methyl sites for hydroxylation is 1. The highest BCUT2D eigenvalue weighted by atomic mass is 16.5. The van der Waals surface area contributed by atoms with Gasteiger partial charge in [-0.05, 0) is 50.7 Å². The van der Waals surface area contributed by atoms with Gasteiger partial charge in [0.15, 0.2) is 0 Å². The first-order chi connectivity index (χ1) is 15.8. The van der Waals surface area contributed by atoms with Crippen LogP contribution in [0.3, 0.4) is 0 Å². The molecule has 2 aromatic rings. The number of likely N-dealkylation sites (tertiary alicyclic amines) is 1. The molecule has 1 unspecified atom stereocenters. The number of Topliss-reactive ketones (excluding diaryl/α,β-unsaturated/α-hetero) is 1. The molecule has 176 valence electrons. The number of carbonyl (C=O) groups is 2. The van der Waals surface area contributed by atoms with Crippen molar-refractivity contribution in [3.8, 4) is 11.5 Å². The van der Waals surface area contributed by atoms with Crippen molar-refractivity contribution >= 4 is 17.4 Å². The monoisotopic (exact) mass is 452 g/mol. The van der Waals surface area contributed by atoms with E-state index in [-0.39, 0.29) is 16.9 Å². The molecule has 0 bridgehead atoms. The number of carbonyl (C=O) groups excluding carboxylic acids is 2. The third kappa shape index (κ3) is 5.03. The molecule has 0 aliphatic carbocycles. The summed E-state index contributed by atoms with van der Waals surface area (Å²) in [5.74, 6) is -1.62. The zero-order valence-corrected chi connectivity index (χ0v) is 19.7. The number of hydrogen-bond donors (Lipinski definition) is 2. The van der Waals surface area contributed by atoms with Crippen molar-refractivity contribution in [3.05, 3.63) is 64.7 Å². The van der Waals surface area contributed by atoms with Gasteiger partial charge in [0, 0.05) is 12.6 Å². The first-order valence-electron chi connectivity index (χ1n) is 11.3. The van der Waals surface area contributed by atoms with Gasteiger partial charge in [0.25, 0.3) is 11.7 Å². The van der Waals surface area contributed by atoms with E-state index in [0.29, 0.717) is 18.7 Å². The maximum absolute atomic E-state index is 13.1. The van der Waals surface area contributed by atoms with Crippen molar-refractivity contribution in [1.82, 2.24) is 9.80 Å². The van der Waals surface area contributed by atoms with E-state index in [0.717, 1.165) is 30.8 Å². The molecule has 1 fully saturated rings. The lowest BCUT2D eigenvalue weighted by molar-refractivity contribution is -0.140. The Morgan fingerprint density at radius 2 is 1.76 bits per heavy atom. The van der Waals surface area contributed by atoms with Gasteiger partial charge in [-0.25, -0.2) is 0 Å². The zero-order valence-electron chi connectivity index (χ0n) is 19.7. The summed E-state index contributed by atoms with van der Waals surface area (Å²) in [6.07, 6.45) is 0.699. The number of aliphatic hydroxyl groups is 1. The number of methoxy groups -OCH3 is 1. The Morgan fingerprint density at radius 1 is 1.09 bits per heavy atom. The minimum atomic E-state index is -0.754. The summed E-state index contributed by atoms with van der Waals surface area (Å²) in [6.45, 7) is 9.13. The summed E-state index contributed by atoms with van der Waals surface area (Å²) in [6, 6.07) is 11.2. The minimum absolute atomic E-state index is 0.0211. The fourth-order valence-corrected chi connectivity index (χ4v) is 4.19. The number of phenols is 1. The molecule has 0 aromatic heterocycles. The molecule has 3 rings (SSSR count). The number of phenolic OH excluding ortho intramolecular Hbond substituents is 1. The molecule has 0 spiro atoms. The van der Waals surface area contributed by atoms with Crippen molar-refractivity contribution in [3.63, 3.8) is 0 Å². The number of ether oxygens (including phenoxy) is 1. The predicted molar refractivity (Wildman–Crippen MR) is 127 cm³/mol. The summed E-state index contributed by atoms with van der Waals surface area (Å²) in [5.41, 5.74) is 1.84. The largest absolute Gasteiger partial charge is 0.507 e. The van der Waals surface area contributed by atoms with Crippen LogP contribution in [0.2, 0.25) is 0 Å². The minimum Gasteiger partial charge on any atom is -0.507 e. The molecule has 1 aliphatic heterocycles. The Bertz CT molecular complexity index is 1040. The van der Waals surface area contributed by atoms with E-state index in [1.807, 2.05) is 31.2 Å². The topological polar surface area (TPSA) is 90.3 Å². The molecule has 1 amide bonds. The Hall–Kier alpha value is -3.32. The lowest BCUT2D eigenvalue weighted by Crippen LogP contribution is -2.33. The van der Waals surface area contributed by atoms with Crippen LogP contribution in [0.15, 0.2) is 48.0 Å². The van der Waals surface area contributed by atoms with Gasteiger partial charge in [0.2, 0.25) is 0 Å². The van der Waals surface area contributed by atoms with Gasteiger partial charge in [-0.15, -0.1) is 0 Å². The highest BCUT2D eigenvalue weighted by molar-refractivity contribution is 6.46. The molecule has 7 nitrogen and oxygen atoms in total. The van der Waals surface area contributed by atoms with Gasteiger partial charge in [-0.3, -0.25) is 9.59 Å². The van der Waals surface area contributed by atoms with E-state index < -0.39 is 23.5 Å². The number of hydrogen-bond acceptors (Lipinski definition) is 6. The van der Waals surface area contributed by atoms with Gasteiger partial charge in [0.1, 0.15) is 17.3 Å². The number of ketones is 1. The molecule has 0 saturated carbocycles. The molecule has 1 atom stereocenters. The molecular weight excluding hydrogens is 420 g/mol. The van der Waals surface area contributed by atoms with E-state index in [1.165, 1.54) is 24.1 Å². The van der Waals surface area contributed by atoms with Gasteiger partial charge in [-0.1, -0.05) is 43.7 Å². The maximum Gasteiger partial charge on any atom is 0.295 e. The Labute approximate surface area is 194 Å². The quantitative estimate of drug-likeness (QED) is 0.341. The average molecular weight is 453 g/mol. The van der Waals surface area contributed by atoms with Crippen LogP contribution in [0.25, 0.3) is 5.76 Å². The van der Waals surface area contributed by atoms with Crippen LogP contribution >= 0.6 is 0 Å². The van der Waals surface area contributed by atoms with Crippen LogP contribution in [-0.2, 0) is 9.59 Å². The van der Waals surface area contributed by atoms with Gasteiger partial charge in [0.05, 0.1) is 24.3 Å². The zero-order chi connectivity index (χ0) is 24.1. The third-order valence-corrected chi connectivity index (χ3v) is 6.16. The molecule has 7 heteroatoms. The molecule has 33 heavy (non-hydrogen) atoms. The second kappa shape index (κ2) is 10.5. The lowest BCUT2D eigenvalue weighted by atomic mass is 9.94. The highest BCUT2D eigenvalue weighted by Gasteiger charge is 2.46. The maximum atomic E-state index is 13.1. The third-order valence-electron chi connectivity index (χ3n) is 6.16. The van der Waals surface area contributed by atoms with Crippen LogP contribution in [0.5, 0.6) is 11.5 Å². The fraction of sp³-hybridized carbons (Fsp3) is 0.385. The van der Waals surface area contributed by atoms with Crippen molar-refractivity contribution < 1.29 is 24.5 Å². The molecule has 2 N–H and O–H groups in total. The van der Waals surface area contributed by atoms with E-state index in [4.69, 9.17) is 4.74 Å². The van der Waals surface area contributed by atoms with Crippen molar-refractivity contribution in [2.75, 3.05) is 33.3 Å².